The molecule has 84 valence electrons. The molecule has 2 N–H and O–H groups in total. The lowest BCUT2D eigenvalue weighted by Gasteiger charge is -2.33. The molecule has 1 fully saturated rings. The summed E-state index contributed by atoms with van der Waals surface area (Å²) in [5, 5.41) is 0. The maximum atomic E-state index is 12.8. The van der Waals surface area contributed by atoms with E-state index in [1.54, 1.807) is 0 Å². The maximum Gasteiger partial charge on any atom is 0.250 e. The van der Waals surface area contributed by atoms with Gasteiger partial charge in [0.1, 0.15) is 0 Å². The van der Waals surface area contributed by atoms with E-state index in [0.717, 1.165) is 13.0 Å². The van der Waals surface area contributed by atoms with Crippen LogP contribution in [0, 0.1) is 5.92 Å². The zero-order chi connectivity index (χ0) is 10.6. The number of halogens is 2. The fourth-order valence-corrected chi connectivity index (χ4v) is 1.88. The van der Waals surface area contributed by atoms with Crippen molar-refractivity contribution in [1.82, 2.24) is 4.90 Å². The SMILES string of the molecule is CC(CCN)CN1CCC(F)(F)CC1. The highest BCUT2D eigenvalue weighted by Crippen LogP contribution is 2.27. The van der Waals surface area contributed by atoms with Gasteiger partial charge in [-0.2, -0.15) is 0 Å². The van der Waals surface area contributed by atoms with Crippen LogP contribution in [0.15, 0.2) is 0 Å². The van der Waals surface area contributed by atoms with Crippen LogP contribution in [0.2, 0.25) is 0 Å². The molecule has 1 unspecified atom stereocenters. The van der Waals surface area contributed by atoms with Crippen molar-refractivity contribution in [2.24, 2.45) is 11.7 Å². The molecule has 1 aliphatic heterocycles. The Morgan fingerprint density at radius 3 is 2.43 bits per heavy atom. The Kier molecular flexibility index (Phi) is 4.26. The summed E-state index contributed by atoms with van der Waals surface area (Å²) in [6.45, 7) is 4.78. The third-order valence-corrected chi connectivity index (χ3v) is 2.82. The van der Waals surface area contributed by atoms with Gasteiger partial charge in [-0.15, -0.1) is 0 Å². The van der Waals surface area contributed by atoms with Crippen LogP contribution >= 0.6 is 0 Å². The molecule has 0 aliphatic carbocycles. The van der Waals surface area contributed by atoms with Crippen LogP contribution in [0.1, 0.15) is 26.2 Å². The highest BCUT2D eigenvalue weighted by molar-refractivity contribution is 4.78. The van der Waals surface area contributed by atoms with Gasteiger partial charge in [-0.1, -0.05) is 6.92 Å². The first-order chi connectivity index (χ1) is 6.53. The van der Waals surface area contributed by atoms with Gasteiger partial charge in [-0.25, -0.2) is 8.78 Å². The van der Waals surface area contributed by atoms with Gasteiger partial charge in [-0.3, -0.25) is 0 Å². The minimum Gasteiger partial charge on any atom is -0.330 e. The predicted molar refractivity (Wildman–Crippen MR) is 53.5 cm³/mol. The lowest BCUT2D eigenvalue weighted by Crippen LogP contribution is -2.41. The van der Waals surface area contributed by atoms with E-state index in [9.17, 15) is 8.78 Å². The third-order valence-electron chi connectivity index (χ3n) is 2.82. The van der Waals surface area contributed by atoms with Gasteiger partial charge in [0.25, 0.3) is 5.92 Å². The largest absolute Gasteiger partial charge is 0.330 e. The molecule has 0 aromatic heterocycles. The highest BCUT2D eigenvalue weighted by Gasteiger charge is 2.33. The van der Waals surface area contributed by atoms with Crippen LogP contribution in [-0.2, 0) is 0 Å². The number of nitrogens with two attached hydrogens (primary N) is 1. The second kappa shape index (κ2) is 5.03. The minimum absolute atomic E-state index is 0.0162. The van der Waals surface area contributed by atoms with Crippen molar-refractivity contribution in [2.75, 3.05) is 26.2 Å². The predicted octanol–water partition coefficient (Wildman–Crippen LogP) is 1.70. The van der Waals surface area contributed by atoms with Gasteiger partial charge in [0.2, 0.25) is 0 Å². The molecule has 1 rings (SSSR count). The topological polar surface area (TPSA) is 29.3 Å². The Labute approximate surface area is 84.4 Å². The molecule has 2 nitrogen and oxygen atoms in total. The number of hydrogen-bond donors (Lipinski definition) is 1. The quantitative estimate of drug-likeness (QED) is 0.758. The average molecular weight is 206 g/mol. The van der Waals surface area contributed by atoms with Crippen molar-refractivity contribution in [2.45, 2.75) is 32.1 Å². The third kappa shape index (κ3) is 3.88. The van der Waals surface area contributed by atoms with E-state index >= 15 is 0 Å². The first kappa shape index (κ1) is 11.9. The zero-order valence-corrected chi connectivity index (χ0v) is 8.81. The molecule has 4 heteroatoms. The second-order valence-corrected chi connectivity index (χ2v) is 4.34. The average Bonchev–Trinajstić information content (AvgIpc) is 2.09. The molecule has 1 atom stereocenters. The second-order valence-electron chi connectivity index (χ2n) is 4.34. The molecule has 1 saturated heterocycles. The molecule has 0 amide bonds. The molecule has 0 bridgehead atoms. The van der Waals surface area contributed by atoms with Gasteiger partial charge in [0, 0.05) is 32.5 Å². The van der Waals surface area contributed by atoms with E-state index in [0.29, 0.717) is 25.6 Å². The van der Waals surface area contributed by atoms with E-state index in [2.05, 4.69) is 11.8 Å². The van der Waals surface area contributed by atoms with E-state index in [1.165, 1.54) is 0 Å². The monoisotopic (exact) mass is 206 g/mol. The van der Waals surface area contributed by atoms with Gasteiger partial charge < -0.3 is 10.6 Å². The van der Waals surface area contributed by atoms with Crippen LogP contribution in [0.25, 0.3) is 0 Å². The number of hydrogen-bond acceptors (Lipinski definition) is 2. The van der Waals surface area contributed by atoms with E-state index in [1.807, 2.05) is 0 Å². The van der Waals surface area contributed by atoms with Crippen molar-refractivity contribution in [3.63, 3.8) is 0 Å². The Bertz CT molecular complexity index is 164. The number of rotatable bonds is 4. The van der Waals surface area contributed by atoms with Gasteiger partial charge in [0.05, 0.1) is 0 Å². The minimum atomic E-state index is -2.42. The molecule has 0 radical (unpaired) electrons. The molecular formula is C10H20F2N2. The molecule has 0 saturated carbocycles. The standard InChI is InChI=1S/C10H20F2N2/c1-9(2-5-13)8-14-6-3-10(11,12)4-7-14/h9H,2-8,13H2,1H3. The summed E-state index contributed by atoms with van der Waals surface area (Å²) in [6, 6.07) is 0. The molecule has 0 aromatic carbocycles. The van der Waals surface area contributed by atoms with Crippen LogP contribution in [0.4, 0.5) is 8.78 Å². The van der Waals surface area contributed by atoms with Crippen molar-refractivity contribution in [3.8, 4) is 0 Å². The molecular weight excluding hydrogens is 186 g/mol. The summed E-state index contributed by atoms with van der Waals surface area (Å²) in [7, 11) is 0. The number of nitrogens with zero attached hydrogens (tertiary/aromatic N) is 1. The van der Waals surface area contributed by atoms with E-state index in [4.69, 9.17) is 5.73 Å². The highest BCUT2D eigenvalue weighted by atomic mass is 19.3. The maximum absolute atomic E-state index is 12.8. The first-order valence-corrected chi connectivity index (χ1v) is 5.34. The summed E-state index contributed by atoms with van der Waals surface area (Å²) < 4.78 is 25.6. The number of likely N-dealkylation sites (tertiary alicyclic amines) is 1. The molecule has 0 aromatic rings. The van der Waals surface area contributed by atoms with Crippen molar-refractivity contribution in [3.05, 3.63) is 0 Å². The first-order valence-electron chi connectivity index (χ1n) is 5.34. The van der Waals surface area contributed by atoms with E-state index < -0.39 is 5.92 Å². The Morgan fingerprint density at radius 2 is 1.93 bits per heavy atom. The lowest BCUT2D eigenvalue weighted by molar-refractivity contribution is -0.0571. The molecule has 0 spiro atoms. The number of alkyl halides is 2. The molecule has 1 heterocycles. The molecule has 14 heavy (non-hydrogen) atoms. The molecule has 1 aliphatic rings. The van der Waals surface area contributed by atoms with Crippen LogP contribution in [0.5, 0.6) is 0 Å². The summed E-state index contributed by atoms with van der Waals surface area (Å²) >= 11 is 0. The van der Waals surface area contributed by atoms with E-state index in [-0.39, 0.29) is 12.8 Å². The summed E-state index contributed by atoms with van der Waals surface area (Å²) in [5.41, 5.74) is 5.44. The summed E-state index contributed by atoms with van der Waals surface area (Å²) in [5.74, 6) is -1.90. The Morgan fingerprint density at radius 1 is 1.36 bits per heavy atom. The Balaban J connectivity index is 2.22. The van der Waals surface area contributed by atoms with Crippen molar-refractivity contribution < 1.29 is 8.78 Å². The summed E-state index contributed by atoms with van der Waals surface area (Å²) in [4.78, 5) is 2.12. The van der Waals surface area contributed by atoms with Gasteiger partial charge in [-0.05, 0) is 18.9 Å². The Hall–Kier alpha value is -0.220. The van der Waals surface area contributed by atoms with Crippen molar-refractivity contribution in [1.29, 1.82) is 0 Å². The fourth-order valence-electron chi connectivity index (χ4n) is 1.88. The van der Waals surface area contributed by atoms with Gasteiger partial charge >= 0.3 is 0 Å². The smallest absolute Gasteiger partial charge is 0.250 e. The zero-order valence-electron chi connectivity index (χ0n) is 8.81. The number of piperidine rings is 1. The fraction of sp³-hybridized carbons (Fsp3) is 1.00. The van der Waals surface area contributed by atoms with Crippen LogP contribution in [-0.4, -0.2) is 37.0 Å². The van der Waals surface area contributed by atoms with Crippen molar-refractivity contribution >= 4 is 0 Å². The summed E-state index contributed by atoms with van der Waals surface area (Å²) in [6.07, 6.45) is 1.01. The normalized spacial score (nSPS) is 24.9. The van der Waals surface area contributed by atoms with Gasteiger partial charge in [0.15, 0.2) is 0 Å². The van der Waals surface area contributed by atoms with Crippen LogP contribution in [0.3, 0.4) is 0 Å². The van der Waals surface area contributed by atoms with Crippen LogP contribution < -0.4 is 5.73 Å². The lowest BCUT2D eigenvalue weighted by atomic mass is 10.0.